The van der Waals surface area contributed by atoms with Gasteiger partial charge in [0.1, 0.15) is 12.1 Å². The van der Waals surface area contributed by atoms with Crippen molar-refractivity contribution in [2.45, 2.75) is 38.8 Å². The van der Waals surface area contributed by atoms with Crippen LogP contribution in [-0.2, 0) is 16.1 Å². The van der Waals surface area contributed by atoms with Crippen molar-refractivity contribution in [1.82, 2.24) is 14.7 Å². The molecule has 0 bridgehead atoms. The summed E-state index contributed by atoms with van der Waals surface area (Å²) in [6.45, 7) is 6.25. The first kappa shape index (κ1) is 22.0. The van der Waals surface area contributed by atoms with E-state index in [1.807, 2.05) is 13.0 Å². The molecule has 2 saturated heterocycles. The average molecular weight is 435 g/mol. The van der Waals surface area contributed by atoms with E-state index in [9.17, 15) is 14.4 Å². The lowest BCUT2D eigenvalue weighted by Gasteiger charge is -2.42. The summed E-state index contributed by atoms with van der Waals surface area (Å²) in [5, 5.41) is 0. The second kappa shape index (κ2) is 8.74. The van der Waals surface area contributed by atoms with Gasteiger partial charge in [-0.2, -0.15) is 0 Å². The van der Waals surface area contributed by atoms with Crippen LogP contribution in [-0.4, -0.2) is 64.3 Å². The lowest BCUT2D eigenvalue weighted by atomic mass is 9.85. The zero-order valence-electron chi connectivity index (χ0n) is 18.7. The van der Waals surface area contributed by atoms with Crippen molar-refractivity contribution in [3.8, 4) is 11.1 Å². The second-order valence-corrected chi connectivity index (χ2v) is 8.71. The van der Waals surface area contributed by atoms with Crippen molar-refractivity contribution in [3.63, 3.8) is 0 Å². The van der Waals surface area contributed by atoms with Crippen LogP contribution in [0.2, 0.25) is 0 Å². The van der Waals surface area contributed by atoms with Gasteiger partial charge in [-0.1, -0.05) is 42.5 Å². The van der Waals surface area contributed by atoms with Gasteiger partial charge in [-0.05, 0) is 55.0 Å². The van der Waals surface area contributed by atoms with Crippen molar-refractivity contribution >= 4 is 17.8 Å². The molecule has 4 rings (SSSR count). The molecule has 0 saturated carbocycles. The minimum absolute atomic E-state index is 0.288. The van der Waals surface area contributed by atoms with E-state index in [2.05, 4.69) is 54.3 Å². The van der Waals surface area contributed by atoms with Gasteiger partial charge in [0, 0.05) is 26.2 Å². The summed E-state index contributed by atoms with van der Waals surface area (Å²) in [5.74, 6) is -0.963. The summed E-state index contributed by atoms with van der Waals surface area (Å²) < 4.78 is 0. The van der Waals surface area contributed by atoms with E-state index >= 15 is 0 Å². The molecule has 0 unspecified atom stereocenters. The maximum absolute atomic E-state index is 13.1. The number of nitrogens with zero attached hydrogens (tertiary/aromatic N) is 3. The van der Waals surface area contributed by atoms with E-state index in [4.69, 9.17) is 5.73 Å². The summed E-state index contributed by atoms with van der Waals surface area (Å²) in [7, 11) is 0. The maximum atomic E-state index is 13.1. The summed E-state index contributed by atoms with van der Waals surface area (Å²) in [6, 6.07) is 16.5. The molecular weight excluding hydrogens is 404 g/mol. The molecule has 2 N–H and O–H groups in total. The molecule has 7 nitrogen and oxygen atoms in total. The van der Waals surface area contributed by atoms with Crippen molar-refractivity contribution in [2.24, 2.45) is 5.73 Å². The molecule has 1 spiro atoms. The highest BCUT2D eigenvalue weighted by molar-refractivity contribution is 6.09. The van der Waals surface area contributed by atoms with Crippen LogP contribution < -0.4 is 5.73 Å². The fourth-order valence-corrected chi connectivity index (χ4v) is 5.07. The second-order valence-electron chi connectivity index (χ2n) is 8.71. The topological polar surface area (TPSA) is 87.0 Å². The van der Waals surface area contributed by atoms with Gasteiger partial charge in [0.05, 0.1) is 0 Å². The normalized spacial score (nSPS) is 18.6. The van der Waals surface area contributed by atoms with Crippen LogP contribution in [0, 0.1) is 6.92 Å². The molecule has 0 radical (unpaired) electrons. The molecule has 0 aromatic heterocycles. The molecule has 168 valence electrons. The Kier molecular flexibility index (Phi) is 6.02. The minimum Gasteiger partial charge on any atom is -0.368 e. The summed E-state index contributed by atoms with van der Waals surface area (Å²) in [4.78, 5) is 42.2. The summed E-state index contributed by atoms with van der Waals surface area (Å²) >= 11 is 0. The van der Waals surface area contributed by atoms with Crippen molar-refractivity contribution in [1.29, 1.82) is 0 Å². The van der Waals surface area contributed by atoms with Gasteiger partial charge in [-0.25, -0.2) is 4.79 Å². The van der Waals surface area contributed by atoms with Crippen LogP contribution >= 0.6 is 0 Å². The number of benzene rings is 2. The molecule has 0 atom stereocenters. The van der Waals surface area contributed by atoms with Crippen molar-refractivity contribution < 1.29 is 14.4 Å². The van der Waals surface area contributed by atoms with E-state index in [1.165, 1.54) is 22.3 Å². The summed E-state index contributed by atoms with van der Waals surface area (Å²) in [6.07, 6.45) is 1.11. The third-order valence-corrected chi connectivity index (χ3v) is 6.72. The Hall–Kier alpha value is -3.19. The monoisotopic (exact) mass is 434 g/mol. The van der Waals surface area contributed by atoms with E-state index in [0.717, 1.165) is 11.4 Å². The number of carbonyl (C=O) groups is 3. The van der Waals surface area contributed by atoms with Crippen LogP contribution in [0.5, 0.6) is 0 Å². The van der Waals surface area contributed by atoms with Gasteiger partial charge in [-0.15, -0.1) is 0 Å². The van der Waals surface area contributed by atoms with Gasteiger partial charge in [-0.3, -0.25) is 19.4 Å². The lowest BCUT2D eigenvalue weighted by Crippen LogP contribution is -2.56. The van der Waals surface area contributed by atoms with Crippen molar-refractivity contribution in [3.05, 3.63) is 59.7 Å². The number of hydrogen-bond donors (Lipinski definition) is 1. The number of likely N-dealkylation sites (N-methyl/N-ethyl adjacent to an activating group) is 1. The fourth-order valence-electron chi connectivity index (χ4n) is 5.07. The molecule has 2 aromatic rings. The molecule has 2 fully saturated rings. The number of imide groups is 1. The Morgan fingerprint density at radius 1 is 1.06 bits per heavy atom. The van der Waals surface area contributed by atoms with E-state index in [-0.39, 0.29) is 12.5 Å². The lowest BCUT2D eigenvalue weighted by molar-refractivity contribution is -0.137. The number of amides is 4. The number of aryl methyl sites for hydroxylation is 1. The predicted molar refractivity (Wildman–Crippen MR) is 123 cm³/mol. The molecule has 0 aliphatic carbocycles. The predicted octanol–water partition coefficient (Wildman–Crippen LogP) is 2.77. The number of hydrogen-bond acceptors (Lipinski definition) is 4. The maximum Gasteiger partial charge on any atom is 0.328 e. The van der Waals surface area contributed by atoms with Crippen LogP contribution in [0.15, 0.2) is 48.5 Å². The molecule has 32 heavy (non-hydrogen) atoms. The van der Waals surface area contributed by atoms with Gasteiger partial charge in [0.15, 0.2) is 0 Å². The van der Waals surface area contributed by atoms with Crippen LogP contribution in [0.1, 0.15) is 30.9 Å². The minimum atomic E-state index is -0.860. The molecule has 2 aliphatic rings. The van der Waals surface area contributed by atoms with Crippen LogP contribution in [0.25, 0.3) is 11.1 Å². The average Bonchev–Trinajstić information content (AvgIpc) is 2.96. The Balaban J connectivity index is 1.47. The van der Waals surface area contributed by atoms with Gasteiger partial charge in [0.25, 0.3) is 5.91 Å². The highest BCUT2D eigenvalue weighted by Gasteiger charge is 2.57. The molecule has 4 amide bonds. The molecular formula is C25H30N4O3. The SMILES string of the molecule is CCN1C(=O)N(CC(N)=O)C(=O)C12CCN(Cc1cccc(-c3ccccc3C)c1)CC2. The number of rotatable bonds is 6. The van der Waals surface area contributed by atoms with Crippen LogP contribution in [0.3, 0.4) is 0 Å². The number of nitrogens with two attached hydrogens (primary N) is 1. The first-order valence-electron chi connectivity index (χ1n) is 11.1. The first-order chi connectivity index (χ1) is 15.4. The first-order valence-corrected chi connectivity index (χ1v) is 11.1. The van der Waals surface area contributed by atoms with E-state index < -0.39 is 17.5 Å². The van der Waals surface area contributed by atoms with E-state index in [0.29, 0.717) is 32.5 Å². The number of piperidine rings is 1. The standard InChI is InChI=1S/C25H30N4O3/c1-3-29-24(32)28(17-22(26)30)23(31)25(29)11-13-27(14-12-25)16-19-8-6-9-20(15-19)21-10-5-4-7-18(21)2/h4-10,15H,3,11-14,16-17H2,1-2H3,(H2,26,30). The molecule has 2 aromatic carbocycles. The smallest absolute Gasteiger partial charge is 0.328 e. The number of urea groups is 1. The van der Waals surface area contributed by atoms with Crippen LogP contribution in [0.4, 0.5) is 4.79 Å². The van der Waals surface area contributed by atoms with E-state index in [1.54, 1.807) is 4.90 Å². The highest BCUT2D eigenvalue weighted by Crippen LogP contribution is 2.37. The van der Waals surface area contributed by atoms with Gasteiger partial charge < -0.3 is 10.6 Å². The fraction of sp³-hybridized carbons (Fsp3) is 0.400. The number of likely N-dealkylation sites (tertiary alicyclic amines) is 1. The third-order valence-electron chi connectivity index (χ3n) is 6.72. The number of primary amides is 1. The highest BCUT2D eigenvalue weighted by atomic mass is 16.2. The summed E-state index contributed by atoms with van der Waals surface area (Å²) in [5.41, 5.74) is 9.30. The molecule has 7 heteroatoms. The Bertz CT molecular complexity index is 1040. The van der Waals surface area contributed by atoms with Crippen molar-refractivity contribution in [2.75, 3.05) is 26.2 Å². The Morgan fingerprint density at radius 3 is 2.44 bits per heavy atom. The quantitative estimate of drug-likeness (QED) is 0.709. The number of carbonyl (C=O) groups excluding carboxylic acids is 3. The third kappa shape index (κ3) is 3.88. The molecule has 2 aliphatic heterocycles. The zero-order valence-corrected chi connectivity index (χ0v) is 18.7. The molecule has 2 heterocycles. The van der Waals surface area contributed by atoms with Gasteiger partial charge >= 0.3 is 6.03 Å². The zero-order chi connectivity index (χ0) is 22.9. The Labute approximate surface area is 188 Å². The van der Waals surface area contributed by atoms with Gasteiger partial charge in [0.2, 0.25) is 5.91 Å². The largest absolute Gasteiger partial charge is 0.368 e. The Morgan fingerprint density at radius 2 is 1.78 bits per heavy atom.